The molecule has 0 amide bonds. The van der Waals surface area contributed by atoms with E-state index in [-0.39, 0.29) is 5.38 Å². The molecule has 2 aromatic heterocycles. The Morgan fingerprint density at radius 2 is 2.19 bits per heavy atom. The second-order valence-corrected chi connectivity index (χ2v) is 6.13. The Bertz CT molecular complexity index is 864. The molecule has 4 nitrogen and oxygen atoms in total. The predicted molar refractivity (Wildman–Crippen MR) is 85.5 cm³/mol. The number of pyridine rings is 1. The number of rotatable bonds is 2. The highest BCUT2D eigenvalue weighted by molar-refractivity contribution is 9.10. The van der Waals surface area contributed by atoms with Gasteiger partial charge in [-0.1, -0.05) is 15.9 Å². The van der Waals surface area contributed by atoms with Gasteiger partial charge in [0.25, 0.3) is 0 Å². The molecule has 0 spiro atoms. The van der Waals surface area contributed by atoms with E-state index in [4.69, 9.17) is 11.6 Å². The number of alkyl halides is 1. The average molecular weight is 362 g/mol. The molecular weight excluding hydrogens is 352 g/mol. The molecule has 0 aliphatic heterocycles. The number of halogens is 2. The van der Waals surface area contributed by atoms with Crippen molar-refractivity contribution in [3.05, 3.63) is 52.5 Å². The Labute approximate surface area is 135 Å². The van der Waals surface area contributed by atoms with Crippen molar-refractivity contribution in [2.75, 3.05) is 0 Å². The van der Waals surface area contributed by atoms with Crippen LogP contribution in [-0.2, 0) is 0 Å². The quantitative estimate of drug-likeness (QED) is 0.637. The number of benzene rings is 1. The van der Waals surface area contributed by atoms with Crippen molar-refractivity contribution < 1.29 is 0 Å². The van der Waals surface area contributed by atoms with Crippen LogP contribution in [0.5, 0.6) is 0 Å². The zero-order chi connectivity index (χ0) is 15.0. The van der Waals surface area contributed by atoms with Gasteiger partial charge in [-0.3, -0.25) is 9.55 Å². The summed E-state index contributed by atoms with van der Waals surface area (Å²) in [4.78, 5) is 8.62. The second kappa shape index (κ2) is 5.47. The van der Waals surface area contributed by atoms with E-state index in [1.165, 1.54) is 0 Å². The summed E-state index contributed by atoms with van der Waals surface area (Å²) >= 11 is 9.71. The Morgan fingerprint density at radius 3 is 2.90 bits per heavy atom. The molecule has 3 rings (SSSR count). The molecule has 1 aromatic carbocycles. The Balaban J connectivity index is 2.42. The number of nitriles is 1. The topological polar surface area (TPSA) is 54.5 Å². The van der Waals surface area contributed by atoms with Gasteiger partial charge in [-0.25, -0.2) is 4.98 Å². The predicted octanol–water partition coefficient (Wildman–Crippen LogP) is 4.35. The SMILES string of the molecule is CC(Cl)c1nc2cnccc2n1-c1cc(Br)ccc1C#N. The zero-order valence-electron chi connectivity index (χ0n) is 11.1. The molecule has 21 heavy (non-hydrogen) atoms. The molecule has 6 heteroatoms. The summed E-state index contributed by atoms with van der Waals surface area (Å²) in [6.45, 7) is 1.86. The summed E-state index contributed by atoms with van der Waals surface area (Å²) < 4.78 is 2.80. The van der Waals surface area contributed by atoms with Crippen LogP contribution < -0.4 is 0 Å². The number of hydrogen-bond acceptors (Lipinski definition) is 3. The van der Waals surface area contributed by atoms with Crippen molar-refractivity contribution in [3.8, 4) is 11.8 Å². The van der Waals surface area contributed by atoms with Crippen LogP contribution in [0.15, 0.2) is 41.1 Å². The molecule has 0 N–H and O–H groups in total. The molecule has 104 valence electrons. The maximum Gasteiger partial charge on any atom is 0.132 e. The van der Waals surface area contributed by atoms with Crippen molar-refractivity contribution in [2.45, 2.75) is 12.3 Å². The van der Waals surface area contributed by atoms with Crippen LogP contribution >= 0.6 is 27.5 Å². The number of nitrogens with zero attached hydrogens (tertiary/aromatic N) is 4. The van der Waals surface area contributed by atoms with Crippen LogP contribution in [0.1, 0.15) is 23.7 Å². The van der Waals surface area contributed by atoms with Gasteiger partial charge in [0.05, 0.1) is 28.3 Å². The highest BCUT2D eigenvalue weighted by atomic mass is 79.9. The molecule has 0 fully saturated rings. The van der Waals surface area contributed by atoms with E-state index in [0.717, 1.165) is 21.2 Å². The van der Waals surface area contributed by atoms with E-state index in [1.54, 1.807) is 18.5 Å². The minimum absolute atomic E-state index is 0.289. The summed E-state index contributed by atoms with van der Waals surface area (Å²) in [5.41, 5.74) is 2.95. The van der Waals surface area contributed by atoms with Crippen molar-refractivity contribution in [1.82, 2.24) is 14.5 Å². The highest BCUT2D eigenvalue weighted by Crippen LogP contribution is 2.30. The monoisotopic (exact) mass is 360 g/mol. The van der Waals surface area contributed by atoms with Gasteiger partial charge in [0, 0.05) is 10.7 Å². The standard InChI is InChI=1S/C15H10BrClN4/c1-9(17)15-20-12-8-19-5-4-13(12)21(15)14-6-11(16)3-2-10(14)7-18/h2-6,8-9H,1H3. The lowest BCUT2D eigenvalue weighted by Crippen LogP contribution is -2.04. The van der Waals surface area contributed by atoms with Crippen LogP contribution in [0.3, 0.4) is 0 Å². The van der Waals surface area contributed by atoms with Crippen molar-refractivity contribution in [1.29, 1.82) is 5.26 Å². The first kappa shape index (κ1) is 14.1. The van der Waals surface area contributed by atoms with Gasteiger partial charge in [-0.2, -0.15) is 5.26 Å². The Morgan fingerprint density at radius 1 is 1.38 bits per heavy atom. The largest absolute Gasteiger partial charge is 0.294 e. The smallest absolute Gasteiger partial charge is 0.132 e. The average Bonchev–Trinajstić information content (AvgIpc) is 2.86. The molecule has 3 aromatic rings. The highest BCUT2D eigenvalue weighted by Gasteiger charge is 2.18. The van der Waals surface area contributed by atoms with Crippen LogP contribution in [0.25, 0.3) is 16.7 Å². The third-order valence-electron chi connectivity index (χ3n) is 3.16. The molecule has 0 bridgehead atoms. The second-order valence-electron chi connectivity index (χ2n) is 4.56. The fraction of sp³-hybridized carbons (Fsp3) is 0.133. The van der Waals surface area contributed by atoms with Gasteiger partial charge in [-0.05, 0) is 31.2 Å². The summed E-state index contributed by atoms with van der Waals surface area (Å²) in [5.74, 6) is 0.689. The number of hydrogen-bond donors (Lipinski definition) is 0. The van der Waals surface area contributed by atoms with Crippen LogP contribution in [0.4, 0.5) is 0 Å². The zero-order valence-corrected chi connectivity index (χ0v) is 13.4. The van der Waals surface area contributed by atoms with Gasteiger partial charge in [0.2, 0.25) is 0 Å². The van der Waals surface area contributed by atoms with Crippen LogP contribution in [0.2, 0.25) is 0 Å². The Kier molecular flexibility index (Phi) is 3.66. The van der Waals surface area contributed by atoms with Gasteiger partial charge in [0.15, 0.2) is 0 Å². The first-order chi connectivity index (χ1) is 10.1. The molecule has 0 aliphatic carbocycles. The summed E-state index contributed by atoms with van der Waals surface area (Å²) in [6, 6.07) is 9.59. The van der Waals surface area contributed by atoms with Gasteiger partial charge in [0.1, 0.15) is 17.4 Å². The first-order valence-corrected chi connectivity index (χ1v) is 7.51. The van der Waals surface area contributed by atoms with E-state index in [1.807, 2.05) is 29.7 Å². The molecule has 0 saturated carbocycles. The molecule has 2 heterocycles. The van der Waals surface area contributed by atoms with Crippen molar-refractivity contribution in [3.63, 3.8) is 0 Å². The Hall–Kier alpha value is -1.90. The third kappa shape index (κ3) is 2.41. The summed E-state index contributed by atoms with van der Waals surface area (Å²) in [5, 5.41) is 9.08. The van der Waals surface area contributed by atoms with E-state index >= 15 is 0 Å². The number of aromatic nitrogens is 3. The van der Waals surface area contributed by atoms with Gasteiger partial charge < -0.3 is 0 Å². The van der Waals surface area contributed by atoms with E-state index in [0.29, 0.717) is 11.4 Å². The minimum atomic E-state index is -0.289. The fourth-order valence-electron chi connectivity index (χ4n) is 2.26. The van der Waals surface area contributed by atoms with Crippen LogP contribution in [-0.4, -0.2) is 14.5 Å². The minimum Gasteiger partial charge on any atom is -0.294 e. The lowest BCUT2D eigenvalue weighted by molar-refractivity contribution is 0.880. The van der Waals surface area contributed by atoms with Crippen LogP contribution in [0, 0.1) is 11.3 Å². The van der Waals surface area contributed by atoms with E-state index in [2.05, 4.69) is 32.0 Å². The van der Waals surface area contributed by atoms with E-state index in [9.17, 15) is 5.26 Å². The maximum absolute atomic E-state index is 9.37. The van der Waals surface area contributed by atoms with E-state index < -0.39 is 0 Å². The number of fused-ring (bicyclic) bond motifs is 1. The summed E-state index contributed by atoms with van der Waals surface area (Å²) in [7, 11) is 0. The van der Waals surface area contributed by atoms with Gasteiger partial charge in [-0.15, -0.1) is 11.6 Å². The molecule has 1 unspecified atom stereocenters. The normalized spacial score (nSPS) is 12.3. The molecular formula is C15H10BrClN4. The van der Waals surface area contributed by atoms with Crippen molar-refractivity contribution >= 4 is 38.6 Å². The van der Waals surface area contributed by atoms with Crippen molar-refractivity contribution in [2.24, 2.45) is 0 Å². The number of imidazole rings is 1. The van der Waals surface area contributed by atoms with Gasteiger partial charge >= 0.3 is 0 Å². The lowest BCUT2D eigenvalue weighted by atomic mass is 10.2. The summed E-state index contributed by atoms with van der Waals surface area (Å²) in [6.07, 6.45) is 3.39. The third-order valence-corrected chi connectivity index (χ3v) is 3.85. The molecule has 1 atom stereocenters. The first-order valence-electron chi connectivity index (χ1n) is 6.28. The molecule has 0 aliphatic rings. The lowest BCUT2D eigenvalue weighted by Gasteiger charge is -2.12. The fourth-order valence-corrected chi connectivity index (χ4v) is 2.75. The maximum atomic E-state index is 9.37. The molecule has 0 radical (unpaired) electrons. The molecule has 0 saturated heterocycles.